The summed E-state index contributed by atoms with van der Waals surface area (Å²) >= 11 is 0. The Balaban J connectivity index is 1.92. The van der Waals surface area contributed by atoms with Gasteiger partial charge in [-0.2, -0.15) is 0 Å². The zero-order chi connectivity index (χ0) is 16.6. The molecule has 3 rings (SSSR count). The smallest absolute Gasteiger partial charge is 0.285 e. The van der Waals surface area contributed by atoms with E-state index in [0.717, 1.165) is 53.9 Å². The SMILES string of the molecule is [C-]#[N+]c1cc(C)c(N2CCC([N+]3(CC)CCCC3)C2=O)c(C)c1. The van der Waals surface area contributed by atoms with Crippen molar-refractivity contribution in [2.45, 2.75) is 46.1 Å². The fraction of sp³-hybridized carbons (Fsp3) is 0.579. The van der Waals surface area contributed by atoms with E-state index in [1.807, 2.05) is 30.9 Å². The summed E-state index contributed by atoms with van der Waals surface area (Å²) < 4.78 is 0.980. The standard InChI is InChI=1S/C19H26N3O/c1-5-22(10-6-7-11-22)17-8-9-21(19(17)23)18-14(2)12-16(20-4)13-15(18)3/h12-13,17H,5-11H2,1-3H3/q+1. The maximum absolute atomic E-state index is 13.2. The molecule has 0 saturated carbocycles. The van der Waals surface area contributed by atoms with E-state index in [9.17, 15) is 4.79 Å². The van der Waals surface area contributed by atoms with Crippen LogP contribution in [0.25, 0.3) is 4.85 Å². The second-order valence-electron chi connectivity index (χ2n) is 7.02. The maximum Gasteiger partial charge on any atom is 0.285 e. The van der Waals surface area contributed by atoms with Crippen molar-refractivity contribution in [1.82, 2.24) is 0 Å². The zero-order valence-corrected chi connectivity index (χ0v) is 14.4. The van der Waals surface area contributed by atoms with E-state index in [1.54, 1.807) is 0 Å². The summed E-state index contributed by atoms with van der Waals surface area (Å²) in [5, 5.41) is 0. The Bertz CT molecular complexity index is 645. The Labute approximate surface area is 139 Å². The summed E-state index contributed by atoms with van der Waals surface area (Å²) in [5.41, 5.74) is 3.76. The van der Waals surface area contributed by atoms with Gasteiger partial charge in [-0.25, -0.2) is 4.85 Å². The van der Waals surface area contributed by atoms with E-state index in [1.165, 1.54) is 12.8 Å². The first kappa shape index (κ1) is 16.0. The van der Waals surface area contributed by atoms with E-state index in [2.05, 4.69) is 11.8 Å². The number of hydrogen-bond donors (Lipinski definition) is 0. The fourth-order valence-corrected chi connectivity index (χ4v) is 4.63. The minimum atomic E-state index is 0.127. The molecule has 1 amide bonds. The lowest BCUT2D eigenvalue weighted by Gasteiger charge is -2.38. The number of quaternary nitrogens is 1. The molecular weight excluding hydrogens is 286 g/mol. The van der Waals surface area contributed by atoms with Gasteiger partial charge >= 0.3 is 0 Å². The van der Waals surface area contributed by atoms with Gasteiger partial charge in [0.2, 0.25) is 0 Å². The highest BCUT2D eigenvalue weighted by molar-refractivity contribution is 6.00. The first-order valence-corrected chi connectivity index (χ1v) is 8.68. The van der Waals surface area contributed by atoms with Gasteiger partial charge in [0.15, 0.2) is 11.7 Å². The van der Waals surface area contributed by atoms with Gasteiger partial charge in [-0.3, -0.25) is 4.79 Å². The van der Waals surface area contributed by atoms with Crippen LogP contribution in [0.4, 0.5) is 11.4 Å². The summed E-state index contributed by atoms with van der Waals surface area (Å²) in [6, 6.07) is 3.92. The average Bonchev–Trinajstić information content (AvgIpc) is 3.15. The Morgan fingerprint density at radius 2 is 1.87 bits per heavy atom. The Morgan fingerprint density at radius 1 is 1.26 bits per heavy atom. The van der Waals surface area contributed by atoms with E-state index < -0.39 is 0 Å². The molecule has 4 nitrogen and oxygen atoms in total. The van der Waals surface area contributed by atoms with Crippen LogP contribution in [-0.4, -0.2) is 42.6 Å². The predicted octanol–water partition coefficient (Wildman–Crippen LogP) is 3.59. The van der Waals surface area contributed by atoms with Crippen LogP contribution in [0.3, 0.4) is 0 Å². The minimum absolute atomic E-state index is 0.127. The van der Waals surface area contributed by atoms with Crippen LogP contribution in [0.15, 0.2) is 12.1 Å². The first-order valence-electron chi connectivity index (χ1n) is 8.68. The van der Waals surface area contributed by atoms with Crippen LogP contribution >= 0.6 is 0 Å². The molecule has 23 heavy (non-hydrogen) atoms. The largest absolute Gasteiger partial charge is 0.314 e. The Kier molecular flexibility index (Phi) is 4.16. The van der Waals surface area contributed by atoms with Crippen molar-refractivity contribution in [2.75, 3.05) is 31.1 Å². The molecule has 0 radical (unpaired) electrons. The van der Waals surface area contributed by atoms with E-state index in [4.69, 9.17) is 6.57 Å². The lowest BCUT2D eigenvalue weighted by Crippen LogP contribution is -2.56. The summed E-state index contributed by atoms with van der Waals surface area (Å²) in [5.74, 6) is 0.288. The number of amides is 1. The third-order valence-electron chi connectivity index (χ3n) is 5.80. The number of carbonyl (C=O) groups is 1. The highest BCUT2D eigenvalue weighted by Crippen LogP contribution is 2.36. The van der Waals surface area contributed by atoms with Crippen LogP contribution in [-0.2, 0) is 4.79 Å². The second kappa shape index (κ2) is 5.98. The third-order valence-corrected chi connectivity index (χ3v) is 5.80. The lowest BCUT2D eigenvalue weighted by molar-refractivity contribution is -0.929. The molecule has 0 spiro atoms. The highest BCUT2D eigenvalue weighted by atomic mass is 16.2. The van der Waals surface area contributed by atoms with Gasteiger partial charge in [0, 0.05) is 31.5 Å². The summed E-state index contributed by atoms with van der Waals surface area (Å²) in [4.78, 5) is 18.7. The normalized spacial score (nSPS) is 23.3. The molecule has 0 N–H and O–H groups in total. The first-order chi connectivity index (χ1) is 11.0. The van der Waals surface area contributed by atoms with E-state index >= 15 is 0 Å². The Morgan fingerprint density at radius 3 is 2.39 bits per heavy atom. The molecule has 0 bridgehead atoms. The van der Waals surface area contributed by atoms with Gasteiger partial charge in [0.25, 0.3) is 5.91 Å². The van der Waals surface area contributed by atoms with Gasteiger partial charge < -0.3 is 9.38 Å². The van der Waals surface area contributed by atoms with Crippen molar-refractivity contribution < 1.29 is 9.28 Å². The number of anilines is 1. The van der Waals surface area contributed by atoms with Crippen molar-refractivity contribution in [3.8, 4) is 0 Å². The topological polar surface area (TPSA) is 24.7 Å². The second-order valence-corrected chi connectivity index (χ2v) is 7.02. The van der Waals surface area contributed by atoms with Crippen molar-refractivity contribution >= 4 is 17.3 Å². The molecule has 4 heteroatoms. The Hall–Kier alpha value is -1.86. The summed E-state index contributed by atoms with van der Waals surface area (Å²) in [7, 11) is 0. The van der Waals surface area contributed by atoms with Crippen LogP contribution in [0, 0.1) is 20.4 Å². The van der Waals surface area contributed by atoms with Gasteiger partial charge in [0.1, 0.15) is 0 Å². The molecule has 2 aliphatic rings. The van der Waals surface area contributed by atoms with Gasteiger partial charge in [-0.05, 0) is 31.9 Å². The van der Waals surface area contributed by atoms with Crippen molar-refractivity contribution in [1.29, 1.82) is 0 Å². The molecule has 2 aliphatic heterocycles. The number of hydrogen-bond acceptors (Lipinski definition) is 1. The zero-order valence-electron chi connectivity index (χ0n) is 14.4. The van der Waals surface area contributed by atoms with Gasteiger partial charge in [0.05, 0.1) is 26.2 Å². The molecule has 2 heterocycles. The fourth-order valence-electron chi connectivity index (χ4n) is 4.63. The highest BCUT2D eigenvalue weighted by Gasteiger charge is 2.48. The molecule has 1 unspecified atom stereocenters. The number of likely N-dealkylation sites (tertiary alicyclic amines) is 1. The maximum atomic E-state index is 13.2. The van der Waals surface area contributed by atoms with Gasteiger partial charge in [-0.1, -0.05) is 12.1 Å². The number of nitrogens with zero attached hydrogens (tertiary/aromatic N) is 3. The number of benzene rings is 1. The number of carbonyl (C=O) groups excluding carboxylic acids is 1. The predicted molar refractivity (Wildman–Crippen MR) is 92.7 cm³/mol. The minimum Gasteiger partial charge on any atom is -0.314 e. The van der Waals surface area contributed by atoms with Crippen LogP contribution in [0.1, 0.15) is 37.3 Å². The van der Waals surface area contributed by atoms with Crippen LogP contribution < -0.4 is 4.90 Å². The van der Waals surface area contributed by atoms with Crippen molar-refractivity contribution in [3.63, 3.8) is 0 Å². The molecule has 1 atom stereocenters. The molecule has 2 saturated heterocycles. The van der Waals surface area contributed by atoms with E-state index in [0.29, 0.717) is 5.69 Å². The van der Waals surface area contributed by atoms with Crippen molar-refractivity contribution in [2.24, 2.45) is 0 Å². The van der Waals surface area contributed by atoms with Gasteiger partial charge in [-0.15, -0.1) is 0 Å². The van der Waals surface area contributed by atoms with Crippen LogP contribution in [0.5, 0.6) is 0 Å². The number of likely N-dealkylation sites (N-methyl/N-ethyl adjacent to an activating group) is 1. The third kappa shape index (κ3) is 2.53. The number of aryl methyl sites for hydroxylation is 2. The molecule has 1 aromatic rings. The lowest BCUT2D eigenvalue weighted by atomic mass is 10.1. The van der Waals surface area contributed by atoms with Crippen LogP contribution in [0.2, 0.25) is 0 Å². The molecular formula is C19H26N3O+. The summed E-state index contributed by atoms with van der Waals surface area (Å²) in [6.07, 6.45) is 3.45. The quantitative estimate of drug-likeness (QED) is 0.618. The molecule has 0 aromatic heterocycles. The monoisotopic (exact) mass is 312 g/mol. The number of rotatable bonds is 3. The molecule has 1 aromatic carbocycles. The van der Waals surface area contributed by atoms with E-state index in [-0.39, 0.29) is 11.9 Å². The average molecular weight is 312 g/mol. The molecule has 0 aliphatic carbocycles. The van der Waals surface area contributed by atoms with Crippen molar-refractivity contribution in [3.05, 3.63) is 34.7 Å². The summed E-state index contributed by atoms with van der Waals surface area (Å²) in [6.45, 7) is 17.6. The molecule has 122 valence electrons. The molecule has 2 fully saturated rings.